The highest BCUT2D eigenvalue weighted by Gasteiger charge is 2.29. The molecule has 13 heteroatoms. The summed E-state index contributed by atoms with van der Waals surface area (Å²) >= 11 is 4.54. The topological polar surface area (TPSA) is 163 Å². The van der Waals surface area contributed by atoms with Crippen LogP contribution < -0.4 is 21.3 Å². The number of hydrogen-bond donors (Lipinski definition) is 5. The Morgan fingerprint density at radius 2 is 1.16 bits per heavy atom. The predicted octanol–water partition coefficient (Wildman–Crippen LogP) is 4.72. The zero-order valence-corrected chi connectivity index (χ0v) is 32.1. The summed E-state index contributed by atoms with van der Waals surface area (Å²) in [5.74, 6) is -1.74. The number of carbonyl (C=O) groups is 6. The van der Waals surface area contributed by atoms with E-state index in [9.17, 15) is 28.8 Å². The third kappa shape index (κ3) is 22.0. The molecule has 12 nitrogen and oxygen atoms in total. The van der Waals surface area contributed by atoms with Gasteiger partial charge in [0, 0.05) is 69.6 Å². The molecule has 0 spiro atoms. The van der Waals surface area contributed by atoms with E-state index in [1.807, 2.05) is 0 Å². The molecule has 4 N–H and O–H groups in total. The second-order valence-corrected chi connectivity index (χ2v) is 15.0. The summed E-state index contributed by atoms with van der Waals surface area (Å²) in [4.78, 5) is 72.4. The Balaban J connectivity index is 2.06. The van der Waals surface area contributed by atoms with Gasteiger partial charge in [0.25, 0.3) is 11.8 Å². The van der Waals surface area contributed by atoms with E-state index in [2.05, 4.69) is 40.8 Å². The van der Waals surface area contributed by atoms with Crippen LogP contribution in [0.15, 0.2) is 12.2 Å². The smallest absolute Gasteiger partial charge is 0.253 e. The van der Waals surface area contributed by atoms with Crippen molar-refractivity contribution in [1.29, 1.82) is 0 Å². The molecule has 0 saturated heterocycles. The number of imide groups is 1. The average molecular weight is 724 g/mol. The molecule has 1 atom stereocenters. The molecule has 0 aromatic heterocycles. The Labute approximate surface area is 305 Å². The third-order valence-corrected chi connectivity index (χ3v) is 9.17. The SMILES string of the molecule is CCCCCCCCCCCCCCCC(=O)NCC(=O)NCCNC(=O)C(C)(C)CCOC(C)(S)CCNC(=O)CCN1C(=O)C=CC1=O. The molecular weight excluding hydrogens is 659 g/mol. The summed E-state index contributed by atoms with van der Waals surface area (Å²) in [6.07, 6.45) is 19.9. The minimum atomic E-state index is -0.850. The van der Waals surface area contributed by atoms with Gasteiger partial charge in [-0.1, -0.05) is 97.8 Å². The zero-order valence-electron chi connectivity index (χ0n) is 31.2. The number of carbonyl (C=O) groups excluding carboxylic acids is 6. The molecule has 0 saturated carbocycles. The van der Waals surface area contributed by atoms with Gasteiger partial charge in [-0.25, -0.2) is 0 Å². The highest BCUT2D eigenvalue weighted by atomic mass is 32.1. The predicted molar refractivity (Wildman–Crippen MR) is 199 cm³/mol. The summed E-state index contributed by atoms with van der Waals surface area (Å²) in [5.41, 5.74) is -0.733. The van der Waals surface area contributed by atoms with Gasteiger partial charge in [-0.15, -0.1) is 12.6 Å². The zero-order chi connectivity index (χ0) is 37.3. The fourth-order valence-electron chi connectivity index (χ4n) is 5.35. The summed E-state index contributed by atoms with van der Waals surface area (Å²) in [6.45, 7) is 8.61. The lowest BCUT2D eigenvalue weighted by Crippen LogP contribution is -2.43. The molecule has 0 radical (unpaired) electrons. The fourth-order valence-corrected chi connectivity index (χ4v) is 5.55. The van der Waals surface area contributed by atoms with Crippen LogP contribution in [-0.4, -0.2) is 84.6 Å². The molecule has 286 valence electrons. The fraction of sp³-hybridized carbons (Fsp3) is 0.784. The van der Waals surface area contributed by atoms with Gasteiger partial charge in [-0.05, 0) is 19.8 Å². The molecule has 50 heavy (non-hydrogen) atoms. The van der Waals surface area contributed by atoms with Crippen LogP contribution in [0.2, 0.25) is 0 Å². The molecule has 1 unspecified atom stereocenters. The van der Waals surface area contributed by atoms with E-state index >= 15 is 0 Å². The van der Waals surface area contributed by atoms with Gasteiger partial charge in [0.15, 0.2) is 0 Å². The highest BCUT2D eigenvalue weighted by Crippen LogP contribution is 2.25. The van der Waals surface area contributed by atoms with E-state index in [-0.39, 0.29) is 69.4 Å². The second-order valence-electron chi connectivity index (χ2n) is 14.0. The van der Waals surface area contributed by atoms with Gasteiger partial charge in [-0.2, -0.15) is 0 Å². The van der Waals surface area contributed by atoms with Gasteiger partial charge >= 0.3 is 0 Å². The summed E-state index contributed by atoms with van der Waals surface area (Å²) < 4.78 is 5.88. The van der Waals surface area contributed by atoms with Gasteiger partial charge in [0.05, 0.1) is 6.54 Å². The van der Waals surface area contributed by atoms with E-state index < -0.39 is 22.2 Å². The number of nitrogens with one attached hydrogen (secondary N) is 4. The van der Waals surface area contributed by atoms with Crippen LogP contribution in [-0.2, 0) is 33.5 Å². The normalized spacial score (nSPS) is 14.1. The van der Waals surface area contributed by atoms with Crippen molar-refractivity contribution in [3.63, 3.8) is 0 Å². The molecule has 1 aliphatic rings. The maximum atomic E-state index is 12.7. The molecule has 6 amide bonds. The largest absolute Gasteiger partial charge is 0.365 e. The lowest BCUT2D eigenvalue weighted by molar-refractivity contribution is -0.137. The Morgan fingerprint density at radius 1 is 0.660 bits per heavy atom. The van der Waals surface area contributed by atoms with E-state index in [1.165, 1.54) is 76.4 Å². The summed E-state index contributed by atoms with van der Waals surface area (Å²) in [7, 11) is 0. The number of ether oxygens (including phenoxy) is 1. The first-order valence-corrected chi connectivity index (χ1v) is 19.2. The molecular formula is C37H65N5O7S. The van der Waals surface area contributed by atoms with Crippen molar-refractivity contribution in [3.8, 4) is 0 Å². The van der Waals surface area contributed by atoms with Crippen LogP contribution in [0.3, 0.4) is 0 Å². The number of rotatable bonds is 30. The van der Waals surface area contributed by atoms with Crippen LogP contribution in [0.25, 0.3) is 0 Å². The standard InChI is InChI=1S/C37H65N5O7S/c1-5-6-7-8-9-10-11-12-13-14-15-16-17-18-30(43)41-29-32(45)39-25-26-40-35(48)36(2,3)23-28-49-37(4,50)22-24-38-31(44)21-27-42-33(46)19-20-34(42)47/h19-20,50H,5-18,21-29H2,1-4H3,(H,38,44)(H,39,45)(H,40,48)(H,41,43). The first-order chi connectivity index (χ1) is 23.8. The molecule has 1 aliphatic heterocycles. The molecule has 0 fully saturated rings. The van der Waals surface area contributed by atoms with E-state index in [0.29, 0.717) is 19.3 Å². The maximum absolute atomic E-state index is 12.7. The Hall–Kier alpha value is -2.93. The van der Waals surface area contributed by atoms with Crippen molar-refractivity contribution in [2.45, 2.75) is 142 Å². The first-order valence-electron chi connectivity index (χ1n) is 18.8. The Kier molecular flexibility index (Phi) is 23.4. The number of nitrogens with zero attached hydrogens (tertiary/aromatic N) is 1. The minimum Gasteiger partial charge on any atom is -0.365 e. The number of thiol groups is 1. The minimum absolute atomic E-state index is 0.00636. The van der Waals surface area contributed by atoms with Crippen molar-refractivity contribution in [1.82, 2.24) is 26.2 Å². The monoisotopic (exact) mass is 723 g/mol. The van der Waals surface area contributed by atoms with Crippen molar-refractivity contribution in [3.05, 3.63) is 12.2 Å². The molecule has 0 aromatic carbocycles. The van der Waals surface area contributed by atoms with E-state index in [1.54, 1.807) is 20.8 Å². The van der Waals surface area contributed by atoms with E-state index in [4.69, 9.17) is 4.74 Å². The average Bonchev–Trinajstić information content (AvgIpc) is 3.38. The number of hydrogen-bond acceptors (Lipinski definition) is 8. The number of amides is 6. The van der Waals surface area contributed by atoms with Crippen molar-refractivity contribution in [2.75, 3.05) is 39.3 Å². The lowest BCUT2D eigenvalue weighted by atomic mass is 9.88. The highest BCUT2D eigenvalue weighted by molar-refractivity contribution is 7.81. The van der Waals surface area contributed by atoms with Crippen LogP contribution in [0.5, 0.6) is 0 Å². The lowest BCUT2D eigenvalue weighted by Gasteiger charge is -2.28. The third-order valence-electron chi connectivity index (χ3n) is 8.82. The molecule has 0 aromatic rings. The van der Waals surface area contributed by atoms with Gasteiger partial charge in [0.2, 0.25) is 23.6 Å². The molecule has 0 bridgehead atoms. The summed E-state index contributed by atoms with van der Waals surface area (Å²) in [5, 5.41) is 10.9. The maximum Gasteiger partial charge on any atom is 0.253 e. The van der Waals surface area contributed by atoms with Crippen LogP contribution in [0.1, 0.15) is 137 Å². The second kappa shape index (κ2) is 25.9. The quantitative estimate of drug-likeness (QED) is 0.0310. The van der Waals surface area contributed by atoms with Crippen molar-refractivity contribution in [2.24, 2.45) is 5.41 Å². The van der Waals surface area contributed by atoms with Crippen LogP contribution in [0.4, 0.5) is 0 Å². The summed E-state index contributed by atoms with van der Waals surface area (Å²) in [6, 6.07) is 0. The van der Waals surface area contributed by atoms with Crippen LogP contribution in [0, 0.1) is 5.41 Å². The van der Waals surface area contributed by atoms with E-state index in [0.717, 1.165) is 24.2 Å². The van der Waals surface area contributed by atoms with Gasteiger partial charge < -0.3 is 26.0 Å². The molecule has 1 rings (SSSR count). The first kappa shape index (κ1) is 45.1. The molecule has 0 aliphatic carbocycles. The van der Waals surface area contributed by atoms with Crippen molar-refractivity contribution >= 4 is 48.1 Å². The molecule has 1 heterocycles. The van der Waals surface area contributed by atoms with Crippen molar-refractivity contribution < 1.29 is 33.5 Å². The van der Waals surface area contributed by atoms with Crippen LogP contribution >= 0.6 is 12.6 Å². The van der Waals surface area contributed by atoms with Gasteiger partial charge in [-0.3, -0.25) is 33.7 Å². The number of unbranched alkanes of at least 4 members (excludes halogenated alkanes) is 12. The Bertz CT molecular complexity index is 1080. The van der Waals surface area contributed by atoms with Gasteiger partial charge in [0.1, 0.15) is 4.93 Å². The Morgan fingerprint density at radius 3 is 1.74 bits per heavy atom.